The SMILES string of the molecule is CNCc1ccccc1Oc1cc2n[nH]c(=O)n2cn1. The van der Waals surface area contributed by atoms with Gasteiger partial charge in [-0.2, -0.15) is 5.10 Å². The average Bonchev–Trinajstić information content (AvgIpc) is 2.82. The lowest BCUT2D eigenvalue weighted by Gasteiger charge is -2.09. The zero-order chi connectivity index (χ0) is 13.9. The molecule has 0 saturated carbocycles. The van der Waals surface area contributed by atoms with Crippen LogP contribution >= 0.6 is 0 Å². The average molecular weight is 271 g/mol. The zero-order valence-corrected chi connectivity index (χ0v) is 10.8. The van der Waals surface area contributed by atoms with E-state index < -0.39 is 0 Å². The number of H-pyrrole nitrogens is 1. The molecule has 0 spiro atoms. The molecule has 0 aliphatic rings. The number of hydrogen-bond donors (Lipinski definition) is 2. The first kappa shape index (κ1) is 12.4. The molecular weight excluding hydrogens is 258 g/mol. The standard InChI is InChI=1S/C13H13N5O2/c1-14-7-9-4-2-3-5-10(9)20-12-6-11-16-17-13(19)18(11)8-15-12/h2-6,8,14H,7H2,1H3,(H,17,19). The van der Waals surface area contributed by atoms with Gasteiger partial charge in [0.2, 0.25) is 5.88 Å². The molecule has 0 aliphatic heterocycles. The number of aromatic nitrogens is 4. The highest BCUT2D eigenvalue weighted by molar-refractivity contribution is 5.42. The van der Waals surface area contributed by atoms with Gasteiger partial charge in [-0.15, -0.1) is 0 Å². The van der Waals surface area contributed by atoms with Gasteiger partial charge in [-0.25, -0.2) is 19.3 Å². The number of ether oxygens (including phenoxy) is 1. The molecule has 0 saturated heterocycles. The van der Waals surface area contributed by atoms with E-state index in [2.05, 4.69) is 20.5 Å². The fraction of sp³-hybridized carbons (Fsp3) is 0.154. The molecular formula is C13H13N5O2. The molecule has 7 heteroatoms. The molecule has 2 N–H and O–H groups in total. The minimum atomic E-state index is -0.324. The molecule has 1 aromatic carbocycles. The van der Waals surface area contributed by atoms with Crippen molar-refractivity contribution < 1.29 is 4.74 Å². The molecule has 102 valence electrons. The highest BCUT2D eigenvalue weighted by atomic mass is 16.5. The molecule has 0 unspecified atom stereocenters. The Morgan fingerprint density at radius 2 is 2.25 bits per heavy atom. The molecule has 2 heterocycles. The minimum Gasteiger partial charge on any atom is -0.439 e. The molecule has 0 atom stereocenters. The molecule has 0 bridgehead atoms. The second-order valence-electron chi connectivity index (χ2n) is 4.22. The Labute approximate surface area is 114 Å². The second-order valence-corrected chi connectivity index (χ2v) is 4.22. The van der Waals surface area contributed by atoms with Crippen LogP contribution in [0.1, 0.15) is 5.56 Å². The van der Waals surface area contributed by atoms with Crippen LogP contribution in [-0.2, 0) is 6.54 Å². The monoisotopic (exact) mass is 271 g/mol. The normalized spacial score (nSPS) is 10.8. The van der Waals surface area contributed by atoms with Gasteiger partial charge in [0.25, 0.3) is 0 Å². The van der Waals surface area contributed by atoms with Gasteiger partial charge < -0.3 is 10.1 Å². The lowest BCUT2D eigenvalue weighted by atomic mass is 10.2. The molecule has 0 fully saturated rings. The summed E-state index contributed by atoms with van der Waals surface area (Å²) in [6.07, 6.45) is 1.39. The third kappa shape index (κ3) is 2.26. The summed E-state index contributed by atoms with van der Waals surface area (Å²) in [6.45, 7) is 0.695. The fourth-order valence-corrected chi connectivity index (χ4v) is 1.90. The number of nitrogens with one attached hydrogen (secondary N) is 2. The third-order valence-corrected chi connectivity index (χ3v) is 2.84. The van der Waals surface area contributed by atoms with Crippen molar-refractivity contribution in [1.82, 2.24) is 24.9 Å². The number of para-hydroxylation sites is 1. The van der Waals surface area contributed by atoms with Gasteiger partial charge in [-0.05, 0) is 13.1 Å². The van der Waals surface area contributed by atoms with Crippen molar-refractivity contribution in [2.24, 2.45) is 0 Å². The summed E-state index contributed by atoms with van der Waals surface area (Å²) < 4.78 is 7.07. The molecule has 20 heavy (non-hydrogen) atoms. The Bertz CT molecular complexity index is 793. The number of aromatic amines is 1. The number of hydrogen-bond acceptors (Lipinski definition) is 5. The Morgan fingerprint density at radius 1 is 1.40 bits per heavy atom. The molecule has 7 nitrogen and oxygen atoms in total. The van der Waals surface area contributed by atoms with Crippen LogP contribution in [0.4, 0.5) is 0 Å². The first-order valence-corrected chi connectivity index (χ1v) is 6.11. The van der Waals surface area contributed by atoms with Crippen LogP contribution in [0.25, 0.3) is 5.65 Å². The molecule has 0 aliphatic carbocycles. The maximum Gasteiger partial charge on any atom is 0.348 e. The fourth-order valence-electron chi connectivity index (χ4n) is 1.90. The van der Waals surface area contributed by atoms with E-state index in [1.54, 1.807) is 6.07 Å². The summed E-state index contributed by atoms with van der Waals surface area (Å²) in [6, 6.07) is 9.29. The van der Waals surface area contributed by atoms with Crippen molar-refractivity contribution in [1.29, 1.82) is 0 Å². The van der Waals surface area contributed by atoms with E-state index in [4.69, 9.17) is 4.74 Å². The maximum absolute atomic E-state index is 11.3. The van der Waals surface area contributed by atoms with Gasteiger partial charge in [-0.1, -0.05) is 18.2 Å². The Hall–Kier alpha value is -2.67. The van der Waals surface area contributed by atoms with E-state index in [1.165, 1.54) is 10.7 Å². The topological polar surface area (TPSA) is 84.3 Å². The van der Waals surface area contributed by atoms with E-state index in [9.17, 15) is 4.79 Å². The van der Waals surface area contributed by atoms with Crippen LogP contribution in [-0.4, -0.2) is 26.6 Å². The number of benzene rings is 1. The van der Waals surface area contributed by atoms with Crippen molar-refractivity contribution in [2.75, 3.05) is 7.05 Å². The lowest BCUT2D eigenvalue weighted by Crippen LogP contribution is -2.09. The smallest absolute Gasteiger partial charge is 0.348 e. The van der Waals surface area contributed by atoms with Crippen molar-refractivity contribution in [3.05, 3.63) is 52.7 Å². The van der Waals surface area contributed by atoms with E-state index in [1.807, 2.05) is 31.3 Å². The van der Waals surface area contributed by atoms with Crippen LogP contribution in [0, 0.1) is 0 Å². The zero-order valence-electron chi connectivity index (χ0n) is 10.8. The van der Waals surface area contributed by atoms with E-state index >= 15 is 0 Å². The largest absolute Gasteiger partial charge is 0.439 e. The van der Waals surface area contributed by atoms with Crippen molar-refractivity contribution in [3.63, 3.8) is 0 Å². The van der Waals surface area contributed by atoms with Crippen molar-refractivity contribution >= 4 is 5.65 Å². The summed E-state index contributed by atoms with van der Waals surface area (Å²) in [5, 5.41) is 9.30. The first-order chi connectivity index (χ1) is 9.78. The first-order valence-electron chi connectivity index (χ1n) is 6.11. The van der Waals surface area contributed by atoms with Crippen LogP contribution in [0.15, 0.2) is 41.5 Å². The maximum atomic E-state index is 11.3. The highest BCUT2D eigenvalue weighted by Crippen LogP contribution is 2.23. The van der Waals surface area contributed by atoms with E-state index in [0.717, 1.165) is 11.3 Å². The summed E-state index contributed by atoms with van der Waals surface area (Å²) in [4.78, 5) is 15.4. The number of nitrogens with zero attached hydrogens (tertiary/aromatic N) is 3. The summed E-state index contributed by atoms with van der Waals surface area (Å²) in [5.41, 5.74) is 1.16. The summed E-state index contributed by atoms with van der Waals surface area (Å²) in [7, 11) is 1.87. The Balaban J connectivity index is 1.94. The van der Waals surface area contributed by atoms with Crippen LogP contribution in [0.2, 0.25) is 0 Å². The Kier molecular flexibility index (Phi) is 3.18. The molecule has 2 aromatic heterocycles. The van der Waals surface area contributed by atoms with Gasteiger partial charge in [0.1, 0.15) is 12.1 Å². The predicted molar refractivity (Wildman–Crippen MR) is 72.9 cm³/mol. The molecule has 3 rings (SSSR count). The molecule has 0 radical (unpaired) electrons. The van der Waals surface area contributed by atoms with Crippen molar-refractivity contribution in [2.45, 2.75) is 6.54 Å². The molecule has 3 aromatic rings. The van der Waals surface area contributed by atoms with Gasteiger partial charge in [0.15, 0.2) is 5.65 Å². The van der Waals surface area contributed by atoms with Crippen LogP contribution in [0.3, 0.4) is 0 Å². The summed E-state index contributed by atoms with van der Waals surface area (Å²) >= 11 is 0. The third-order valence-electron chi connectivity index (χ3n) is 2.84. The van der Waals surface area contributed by atoms with Gasteiger partial charge >= 0.3 is 5.69 Å². The van der Waals surface area contributed by atoms with Gasteiger partial charge in [0.05, 0.1) is 0 Å². The van der Waals surface area contributed by atoms with Crippen LogP contribution < -0.4 is 15.7 Å². The van der Waals surface area contributed by atoms with E-state index in [-0.39, 0.29) is 5.69 Å². The van der Waals surface area contributed by atoms with Gasteiger partial charge in [-0.3, -0.25) is 0 Å². The van der Waals surface area contributed by atoms with Crippen molar-refractivity contribution in [3.8, 4) is 11.6 Å². The Morgan fingerprint density at radius 3 is 3.10 bits per heavy atom. The lowest BCUT2D eigenvalue weighted by molar-refractivity contribution is 0.454. The number of fused-ring (bicyclic) bond motifs is 1. The van der Waals surface area contributed by atoms with E-state index in [0.29, 0.717) is 18.1 Å². The molecule has 0 amide bonds. The minimum absolute atomic E-state index is 0.324. The number of rotatable bonds is 4. The summed E-state index contributed by atoms with van der Waals surface area (Å²) in [5.74, 6) is 1.11. The second kappa shape index (κ2) is 5.14. The van der Waals surface area contributed by atoms with Gasteiger partial charge in [0, 0.05) is 18.2 Å². The van der Waals surface area contributed by atoms with Crippen LogP contribution in [0.5, 0.6) is 11.6 Å². The highest BCUT2D eigenvalue weighted by Gasteiger charge is 2.07. The quantitative estimate of drug-likeness (QED) is 0.737. The predicted octanol–water partition coefficient (Wildman–Crippen LogP) is 0.929.